The second-order valence-electron chi connectivity index (χ2n) is 4.80. The molecule has 0 amide bonds. The van der Waals surface area contributed by atoms with Crippen LogP contribution in [0.1, 0.15) is 26.2 Å². The Morgan fingerprint density at radius 2 is 1.88 bits per heavy atom. The lowest BCUT2D eigenvalue weighted by atomic mass is 9.84. The van der Waals surface area contributed by atoms with E-state index < -0.39 is 9.28 Å². The monoisotopic (exact) mass is 262 g/mol. The van der Waals surface area contributed by atoms with Crippen molar-refractivity contribution in [2.75, 3.05) is 40.6 Å². The number of hydrogen-bond acceptors (Lipinski definition) is 4. The van der Waals surface area contributed by atoms with Crippen molar-refractivity contribution in [3.05, 3.63) is 0 Å². The molecule has 1 fully saturated rings. The van der Waals surface area contributed by atoms with Gasteiger partial charge in [-0.2, -0.15) is 0 Å². The Hall–Kier alpha value is 0.0569. The highest BCUT2D eigenvalue weighted by atomic mass is 28.3. The first kappa shape index (κ1) is 15.1. The Kier molecular flexibility index (Phi) is 7.30. The van der Waals surface area contributed by atoms with E-state index in [-0.39, 0.29) is 0 Å². The smallest absolute Gasteiger partial charge is 0.320 e. The zero-order chi connectivity index (χ0) is 12.6. The van der Waals surface area contributed by atoms with E-state index in [2.05, 4.69) is 6.92 Å². The van der Waals surface area contributed by atoms with Gasteiger partial charge in [0.2, 0.25) is 0 Å². The van der Waals surface area contributed by atoms with Gasteiger partial charge < -0.3 is 18.3 Å². The summed E-state index contributed by atoms with van der Waals surface area (Å²) < 4.78 is 21.5. The third kappa shape index (κ3) is 5.05. The Balaban J connectivity index is 1.94. The molecule has 0 unspecified atom stereocenters. The molecule has 1 saturated heterocycles. The fraction of sp³-hybridized carbons (Fsp3) is 1.00. The summed E-state index contributed by atoms with van der Waals surface area (Å²) >= 11 is 0. The first-order chi connectivity index (χ1) is 8.26. The van der Waals surface area contributed by atoms with Gasteiger partial charge in [-0.1, -0.05) is 6.92 Å². The number of hydrogen-bond donors (Lipinski definition) is 0. The van der Waals surface area contributed by atoms with Gasteiger partial charge >= 0.3 is 9.28 Å². The van der Waals surface area contributed by atoms with E-state index >= 15 is 0 Å². The number of unbranched alkanes of at least 4 members (excludes halogenated alkanes) is 1. The molecule has 1 aliphatic heterocycles. The van der Waals surface area contributed by atoms with Crippen LogP contribution in [0.5, 0.6) is 0 Å². The van der Waals surface area contributed by atoms with Gasteiger partial charge in [0.25, 0.3) is 0 Å². The molecule has 0 radical (unpaired) electrons. The fourth-order valence-electron chi connectivity index (χ4n) is 1.92. The van der Waals surface area contributed by atoms with Crippen molar-refractivity contribution in [3.8, 4) is 0 Å². The highest BCUT2D eigenvalue weighted by Crippen LogP contribution is 2.31. The lowest BCUT2D eigenvalue weighted by Crippen LogP contribution is -2.45. The van der Waals surface area contributed by atoms with Crippen LogP contribution in [0.3, 0.4) is 0 Å². The molecule has 0 aromatic rings. The zero-order valence-corrected chi connectivity index (χ0v) is 12.5. The lowest BCUT2D eigenvalue weighted by Gasteiger charge is -2.40. The summed E-state index contributed by atoms with van der Waals surface area (Å²) in [7, 11) is 2.12. The molecule has 0 atom stereocenters. The van der Waals surface area contributed by atoms with Gasteiger partial charge in [0.15, 0.2) is 0 Å². The maximum atomic E-state index is 5.73. The summed E-state index contributed by atoms with van der Waals surface area (Å²) in [6.45, 7) is 5.63. The minimum Gasteiger partial charge on any atom is -0.400 e. The number of rotatable bonds is 10. The summed E-state index contributed by atoms with van der Waals surface area (Å²) in [6, 6.07) is 1.07. The Bertz CT molecular complexity index is 187. The summed E-state index contributed by atoms with van der Waals surface area (Å²) in [6.07, 6.45) is 3.38. The minimum atomic E-state index is -1.35. The van der Waals surface area contributed by atoms with Crippen LogP contribution in [-0.4, -0.2) is 49.9 Å². The molecule has 0 bridgehead atoms. The molecule has 102 valence electrons. The normalized spacial score (nSPS) is 18.4. The molecule has 4 nitrogen and oxygen atoms in total. The van der Waals surface area contributed by atoms with Crippen LogP contribution in [0.25, 0.3) is 0 Å². The van der Waals surface area contributed by atoms with Crippen LogP contribution in [0, 0.1) is 5.41 Å². The molecule has 5 heteroatoms. The summed E-state index contributed by atoms with van der Waals surface area (Å²) in [4.78, 5) is 0. The predicted octanol–water partition coefficient (Wildman–Crippen LogP) is 1.72. The molecule has 0 saturated carbocycles. The van der Waals surface area contributed by atoms with Crippen molar-refractivity contribution >= 4 is 9.28 Å². The molecule has 0 N–H and O–H groups in total. The van der Waals surface area contributed by atoms with Gasteiger partial charge in [-0.3, -0.25) is 0 Å². The molecule has 1 heterocycles. The second kappa shape index (κ2) is 8.21. The largest absolute Gasteiger partial charge is 0.400 e. The van der Waals surface area contributed by atoms with Crippen molar-refractivity contribution in [1.82, 2.24) is 0 Å². The van der Waals surface area contributed by atoms with Crippen LogP contribution in [0.2, 0.25) is 6.04 Å². The Labute approximate surface area is 106 Å². The highest BCUT2D eigenvalue weighted by Gasteiger charge is 2.36. The number of ether oxygens (including phenoxy) is 2. The standard InChI is InChI=1S/C12H26O4Si/c1-4-12(10-16-11-12)9-15-7-5-6-8-17(13-2)14-3/h17H,4-11H2,1-3H3. The molecule has 17 heavy (non-hydrogen) atoms. The van der Waals surface area contributed by atoms with Crippen molar-refractivity contribution in [3.63, 3.8) is 0 Å². The summed E-state index contributed by atoms with van der Waals surface area (Å²) in [5.74, 6) is 0. The average Bonchev–Trinajstić information content (AvgIpc) is 2.31. The third-order valence-electron chi connectivity index (χ3n) is 3.48. The molecular weight excluding hydrogens is 236 g/mol. The second-order valence-corrected chi connectivity index (χ2v) is 7.17. The third-order valence-corrected chi connectivity index (χ3v) is 5.41. The van der Waals surface area contributed by atoms with Crippen LogP contribution < -0.4 is 0 Å². The molecule has 0 spiro atoms. The van der Waals surface area contributed by atoms with Crippen molar-refractivity contribution in [1.29, 1.82) is 0 Å². The van der Waals surface area contributed by atoms with E-state index in [4.69, 9.17) is 18.3 Å². The van der Waals surface area contributed by atoms with E-state index in [1.54, 1.807) is 14.2 Å². The zero-order valence-electron chi connectivity index (χ0n) is 11.4. The van der Waals surface area contributed by atoms with Gasteiger partial charge in [0.05, 0.1) is 19.8 Å². The topological polar surface area (TPSA) is 36.9 Å². The molecule has 0 aliphatic carbocycles. The fourth-order valence-corrected chi connectivity index (χ4v) is 3.20. The van der Waals surface area contributed by atoms with Crippen molar-refractivity contribution in [2.24, 2.45) is 5.41 Å². The van der Waals surface area contributed by atoms with Crippen LogP contribution in [-0.2, 0) is 18.3 Å². The SMILES string of the molecule is CCC1(COCCCC[SiH](OC)OC)COC1. The van der Waals surface area contributed by atoms with Gasteiger partial charge in [-0.15, -0.1) is 0 Å². The van der Waals surface area contributed by atoms with Crippen LogP contribution in [0.4, 0.5) is 0 Å². The Morgan fingerprint density at radius 1 is 1.18 bits per heavy atom. The summed E-state index contributed by atoms with van der Waals surface area (Å²) in [5.41, 5.74) is 0.316. The first-order valence-corrected chi connectivity index (χ1v) is 8.23. The van der Waals surface area contributed by atoms with E-state index in [0.29, 0.717) is 5.41 Å². The molecule has 0 aromatic carbocycles. The van der Waals surface area contributed by atoms with E-state index in [1.165, 1.54) is 0 Å². The maximum Gasteiger partial charge on any atom is 0.320 e. The van der Waals surface area contributed by atoms with Crippen LogP contribution >= 0.6 is 0 Å². The molecule has 0 aromatic heterocycles. The van der Waals surface area contributed by atoms with Crippen molar-refractivity contribution in [2.45, 2.75) is 32.2 Å². The lowest BCUT2D eigenvalue weighted by molar-refractivity contribution is -0.150. The van der Waals surface area contributed by atoms with Crippen molar-refractivity contribution < 1.29 is 18.3 Å². The quantitative estimate of drug-likeness (QED) is 0.444. The predicted molar refractivity (Wildman–Crippen MR) is 69.6 cm³/mol. The molecular formula is C12H26O4Si. The summed E-state index contributed by atoms with van der Waals surface area (Å²) in [5, 5.41) is 0. The Morgan fingerprint density at radius 3 is 2.35 bits per heavy atom. The van der Waals surface area contributed by atoms with Gasteiger partial charge in [-0.25, -0.2) is 0 Å². The molecule has 1 rings (SSSR count). The highest BCUT2D eigenvalue weighted by molar-refractivity contribution is 6.44. The molecule has 1 aliphatic rings. The van der Waals surface area contributed by atoms with Gasteiger partial charge in [0.1, 0.15) is 0 Å². The van der Waals surface area contributed by atoms with Gasteiger partial charge in [-0.05, 0) is 25.3 Å². The van der Waals surface area contributed by atoms with Crippen LogP contribution in [0.15, 0.2) is 0 Å². The maximum absolute atomic E-state index is 5.73. The first-order valence-electron chi connectivity index (χ1n) is 6.47. The van der Waals surface area contributed by atoms with E-state index in [9.17, 15) is 0 Å². The van der Waals surface area contributed by atoms with Gasteiger partial charge in [0, 0.05) is 26.2 Å². The average molecular weight is 262 g/mol. The van der Waals surface area contributed by atoms with E-state index in [1.807, 2.05) is 0 Å². The minimum absolute atomic E-state index is 0.316. The van der Waals surface area contributed by atoms with E-state index in [0.717, 1.165) is 51.7 Å².